The Bertz CT molecular complexity index is 1230. The Morgan fingerprint density at radius 2 is 2.00 bits per heavy atom. The number of piperidine rings is 1. The van der Waals surface area contributed by atoms with E-state index in [0.29, 0.717) is 40.9 Å². The Balaban J connectivity index is 1.36. The number of phenols is 1. The Morgan fingerprint density at radius 1 is 1.21 bits per heavy atom. The smallest absolute Gasteiger partial charge is 0.213 e. The molecular formula is C26H28FN5O2. The van der Waals surface area contributed by atoms with E-state index in [4.69, 9.17) is 4.74 Å². The molecule has 2 saturated heterocycles. The Labute approximate surface area is 198 Å². The van der Waals surface area contributed by atoms with E-state index in [0.717, 1.165) is 17.5 Å². The van der Waals surface area contributed by atoms with E-state index in [1.807, 2.05) is 12.1 Å². The van der Waals surface area contributed by atoms with Gasteiger partial charge in [-0.05, 0) is 60.6 Å². The monoisotopic (exact) mass is 461 g/mol. The maximum atomic E-state index is 15.2. The largest absolute Gasteiger partial charge is 0.507 e. The predicted molar refractivity (Wildman–Crippen MR) is 128 cm³/mol. The third kappa shape index (κ3) is 3.81. The molecule has 0 aliphatic carbocycles. The van der Waals surface area contributed by atoms with Crippen LogP contribution in [0.4, 0.5) is 4.39 Å². The number of fused-ring (bicyclic) bond motifs is 2. The van der Waals surface area contributed by atoms with Crippen molar-refractivity contribution < 1.29 is 14.2 Å². The lowest BCUT2D eigenvalue weighted by atomic mass is 9.77. The molecule has 5 rings (SSSR count). The van der Waals surface area contributed by atoms with Gasteiger partial charge in [0.25, 0.3) is 0 Å². The molecule has 0 saturated carbocycles. The SMILES string of the molecule is C=C(c1ncc(-c2ccc(-c3ccnc(OC)c3)cc2O)nn1)[C@@H]1C[C@]2(C)NC(CC2C)[C@@H]1F. The Kier molecular flexibility index (Phi) is 5.56. The normalized spacial score (nSPS) is 28.0. The highest BCUT2D eigenvalue weighted by Crippen LogP contribution is 2.47. The minimum absolute atomic E-state index is 0.0524. The number of methoxy groups -OCH3 is 1. The summed E-state index contributed by atoms with van der Waals surface area (Å²) in [6.07, 6.45) is 3.64. The fraction of sp³-hybridized carbons (Fsp3) is 0.385. The van der Waals surface area contributed by atoms with Crippen LogP contribution in [0.25, 0.3) is 28.0 Å². The molecule has 2 bridgehead atoms. The van der Waals surface area contributed by atoms with Crippen LogP contribution in [0.5, 0.6) is 11.6 Å². The summed E-state index contributed by atoms with van der Waals surface area (Å²) < 4.78 is 20.4. The molecule has 0 spiro atoms. The first-order valence-corrected chi connectivity index (χ1v) is 11.4. The second kappa shape index (κ2) is 8.43. The van der Waals surface area contributed by atoms with Crippen molar-refractivity contribution in [2.75, 3.05) is 7.11 Å². The Hall–Kier alpha value is -3.39. The summed E-state index contributed by atoms with van der Waals surface area (Å²) in [5.74, 6) is 0.936. The standard InChI is InChI=1S/C26H28FN5O2/c1-14-9-20-24(27)19(12-26(14,3)30-20)15(2)25-29-13-21(31-32-25)18-6-5-16(10-22(18)33)17-7-8-28-23(11-17)34-4/h5-8,10-11,13-14,19-20,24,30,33H,2,9,12H2,1,3-4H3/t14?,19-,20?,24+,26-/m0/s1. The fourth-order valence-electron chi connectivity index (χ4n) is 5.24. The maximum absolute atomic E-state index is 15.2. The third-order valence-corrected chi connectivity index (χ3v) is 7.47. The number of aromatic nitrogens is 4. The van der Waals surface area contributed by atoms with Gasteiger partial charge in [-0.15, -0.1) is 10.2 Å². The lowest BCUT2D eigenvalue weighted by Crippen LogP contribution is -2.54. The highest BCUT2D eigenvalue weighted by molar-refractivity contribution is 5.74. The van der Waals surface area contributed by atoms with Crippen LogP contribution in [0, 0.1) is 11.8 Å². The van der Waals surface area contributed by atoms with Crippen LogP contribution in [0.3, 0.4) is 0 Å². The van der Waals surface area contributed by atoms with Crippen LogP contribution in [0.2, 0.25) is 0 Å². The first-order chi connectivity index (χ1) is 16.3. The van der Waals surface area contributed by atoms with Crippen molar-refractivity contribution in [1.29, 1.82) is 0 Å². The predicted octanol–water partition coefficient (Wildman–Crippen LogP) is 4.44. The van der Waals surface area contributed by atoms with E-state index in [1.54, 1.807) is 37.7 Å². The number of rotatable bonds is 5. The molecule has 8 heteroatoms. The van der Waals surface area contributed by atoms with E-state index < -0.39 is 6.17 Å². The minimum Gasteiger partial charge on any atom is -0.507 e. The van der Waals surface area contributed by atoms with E-state index in [9.17, 15) is 5.11 Å². The number of allylic oxidation sites excluding steroid dienone is 1. The summed E-state index contributed by atoms with van der Waals surface area (Å²) in [5.41, 5.74) is 3.07. The number of nitrogens with one attached hydrogen (secondary N) is 1. The molecule has 7 nitrogen and oxygen atoms in total. The van der Waals surface area contributed by atoms with Crippen molar-refractivity contribution in [2.24, 2.45) is 11.8 Å². The summed E-state index contributed by atoms with van der Waals surface area (Å²) >= 11 is 0. The first-order valence-electron chi connectivity index (χ1n) is 11.4. The van der Waals surface area contributed by atoms with Gasteiger partial charge in [0.2, 0.25) is 5.88 Å². The number of pyridine rings is 1. The van der Waals surface area contributed by atoms with Gasteiger partial charge >= 0.3 is 0 Å². The molecule has 2 aliphatic rings. The second-order valence-electron chi connectivity index (χ2n) is 9.57. The summed E-state index contributed by atoms with van der Waals surface area (Å²) in [4.78, 5) is 8.53. The summed E-state index contributed by atoms with van der Waals surface area (Å²) in [5, 5.41) is 22.6. The van der Waals surface area contributed by atoms with Gasteiger partial charge in [-0.1, -0.05) is 19.6 Å². The number of aromatic hydroxyl groups is 1. The molecule has 0 radical (unpaired) electrons. The molecule has 2 unspecified atom stereocenters. The van der Waals surface area contributed by atoms with Crippen molar-refractivity contribution in [3.05, 3.63) is 55.1 Å². The minimum atomic E-state index is -1.03. The molecule has 2 aromatic heterocycles. The van der Waals surface area contributed by atoms with Gasteiger partial charge in [-0.2, -0.15) is 0 Å². The number of benzene rings is 1. The molecule has 2 N–H and O–H groups in total. The van der Waals surface area contributed by atoms with Gasteiger partial charge in [0, 0.05) is 35.3 Å². The Morgan fingerprint density at radius 3 is 2.71 bits per heavy atom. The van der Waals surface area contributed by atoms with E-state index in [2.05, 4.69) is 45.9 Å². The summed E-state index contributed by atoms with van der Waals surface area (Å²) in [6, 6.07) is 8.76. The van der Waals surface area contributed by atoms with Crippen LogP contribution < -0.4 is 10.1 Å². The van der Waals surface area contributed by atoms with Crippen LogP contribution in [-0.4, -0.2) is 50.1 Å². The van der Waals surface area contributed by atoms with Gasteiger partial charge in [-0.3, -0.25) is 0 Å². The van der Waals surface area contributed by atoms with Crippen molar-refractivity contribution in [1.82, 2.24) is 25.5 Å². The zero-order chi connectivity index (χ0) is 24.0. The highest BCUT2D eigenvalue weighted by atomic mass is 19.1. The van der Waals surface area contributed by atoms with Crippen molar-refractivity contribution >= 4 is 5.57 Å². The molecule has 0 amide bonds. The van der Waals surface area contributed by atoms with Gasteiger partial charge in [0.15, 0.2) is 5.82 Å². The van der Waals surface area contributed by atoms with E-state index >= 15 is 4.39 Å². The molecule has 5 atom stereocenters. The molecular weight excluding hydrogens is 433 g/mol. The van der Waals surface area contributed by atoms with Gasteiger partial charge < -0.3 is 15.2 Å². The molecule has 3 aromatic rings. The van der Waals surface area contributed by atoms with Crippen LogP contribution in [0.15, 0.2) is 49.3 Å². The van der Waals surface area contributed by atoms with Crippen molar-refractivity contribution in [3.8, 4) is 34.0 Å². The number of hydrogen-bond acceptors (Lipinski definition) is 7. The lowest BCUT2D eigenvalue weighted by Gasteiger charge is -2.40. The molecule has 4 heterocycles. The van der Waals surface area contributed by atoms with Gasteiger partial charge in [-0.25, -0.2) is 14.4 Å². The quantitative estimate of drug-likeness (QED) is 0.580. The number of phenolic OH excluding ortho intramolecular Hbond substituents is 1. The number of ether oxygens (including phenoxy) is 1. The van der Waals surface area contributed by atoms with Crippen molar-refractivity contribution in [3.63, 3.8) is 0 Å². The van der Waals surface area contributed by atoms with Crippen LogP contribution in [0.1, 0.15) is 32.5 Å². The average Bonchev–Trinajstić information content (AvgIpc) is 3.11. The van der Waals surface area contributed by atoms with Crippen LogP contribution >= 0.6 is 0 Å². The number of halogens is 1. The lowest BCUT2D eigenvalue weighted by molar-refractivity contribution is 0.127. The maximum Gasteiger partial charge on any atom is 0.213 e. The summed E-state index contributed by atoms with van der Waals surface area (Å²) in [6.45, 7) is 8.45. The van der Waals surface area contributed by atoms with Crippen molar-refractivity contribution in [2.45, 2.75) is 44.4 Å². The second-order valence-corrected chi connectivity index (χ2v) is 9.57. The zero-order valence-electron chi connectivity index (χ0n) is 19.5. The molecule has 176 valence electrons. The number of alkyl halides is 1. The van der Waals surface area contributed by atoms with Gasteiger partial charge in [0.1, 0.15) is 17.6 Å². The zero-order valence-corrected chi connectivity index (χ0v) is 19.5. The summed E-state index contributed by atoms with van der Waals surface area (Å²) in [7, 11) is 1.56. The number of hydrogen-bond donors (Lipinski definition) is 2. The molecule has 34 heavy (non-hydrogen) atoms. The molecule has 2 aliphatic heterocycles. The molecule has 2 fully saturated rings. The third-order valence-electron chi connectivity index (χ3n) is 7.47. The van der Waals surface area contributed by atoms with E-state index in [1.165, 1.54) is 0 Å². The molecule has 1 aromatic carbocycles. The highest BCUT2D eigenvalue weighted by Gasteiger charge is 2.52. The van der Waals surface area contributed by atoms with E-state index in [-0.39, 0.29) is 23.2 Å². The first kappa shape index (κ1) is 22.4. The fourth-order valence-corrected chi connectivity index (χ4v) is 5.24. The topological polar surface area (TPSA) is 93.1 Å². The average molecular weight is 462 g/mol. The van der Waals surface area contributed by atoms with Gasteiger partial charge in [0.05, 0.1) is 13.3 Å². The number of nitrogens with zero attached hydrogens (tertiary/aromatic N) is 4. The van der Waals surface area contributed by atoms with Crippen LogP contribution in [-0.2, 0) is 0 Å².